The second kappa shape index (κ2) is 5.44. The fourth-order valence-electron chi connectivity index (χ4n) is 2.50. The minimum atomic E-state index is -2.97. The second-order valence-electron chi connectivity index (χ2n) is 5.08. The molecular weight excluding hydrogens is 425 g/mol. The van der Waals surface area contributed by atoms with Crippen molar-refractivity contribution in [1.29, 1.82) is 0 Å². The zero-order valence-electron chi connectivity index (χ0n) is 11.0. The van der Waals surface area contributed by atoms with Crippen molar-refractivity contribution in [3.63, 3.8) is 0 Å². The molecule has 2 heterocycles. The fourth-order valence-corrected chi connectivity index (χ4v) is 4.97. The summed E-state index contributed by atoms with van der Waals surface area (Å²) in [5, 5.41) is 5.12. The third kappa shape index (κ3) is 3.04. The molecule has 2 aromatic rings. The molecule has 21 heavy (non-hydrogen) atoms. The molecule has 0 spiro atoms. The Bertz CT molecular complexity index is 804. The smallest absolute Gasteiger partial charge is 0.152 e. The Hall–Kier alpha value is -0.800. The van der Waals surface area contributed by atoms with Gasteiger partial charge in [0.05, 0.1) is 23.2 Å². The summed E-state index contributed by atoms with van der Waals surface area (Å²) < 4.78 is 25.8. The summed E-state index contributed by atoms with van der Waals surface area (Å²) in [5.74, 6) is 0.772. The number of nitrogens with two attached hydrogens (primary N) is 1. The number of aromatic nitrogens is 2. The maximum absolute atomic E-state index is 11.6. The summed E-state index contributed by atoms with van der Waals surface area (Å²) >= 11 is 8.24. The predicted molar refractivity (Wildman–Crippen MR) is 92.1 cm³/mol. The number of rotatable bonds is 2. The van der Waals surface area contributed by atoms with Crippen LogP contribution in [-0.2, 0) is 9.84 Å². The van der Waals surface area contributed by atoms with Crippen LogP contribution in [0.25, 0.3) is 11.3 Å². The van der Waals surface area contributed by atoms with Crippen molar-refractivity contribution in [3.8, 4) is 11.3 Å². The lowest BCUT2D eigenvalue weighted by atomic mass is 10.1. The van der Waals surface area contributed by atoms with Crippen molar-refractivity contribution in [1.82, 2.24) is 9.78 Å². The van der Waals surface area contributed by atoms with Gasteiger partial charge in [-0.25, -0.2) is 13.1 Å². The average molecular weight is 438 g/mol. The van der Waals surface area contributed by atoms with Crippen LogP contribution in [0.15, 0.2) is 24.3 Å². The molecule has 8 heteroatoms. The standard InChI is InChI=1S/C13H13ClIN3O2S/c14-8-1-2-11(15)10(5-8)12-6-13(16)18(17-12)9-3-4-21(19,20)7-9/h1-2,5-6,9H,3-4,7,16H2. The third-order valence-corrected chi connectivity index (χ3v) is 6.45. The van der Waals surface area contributed by atoms with Gasteiger partial charge in [0.2, 0.25) is 0 Å². The van der Waals surface area contributed by atoms with Crippen LogP contribution in [0.4, 0.5) is 5.82 Å². The lowest BCUT2D eigenvalue weighted by Gasteiger charge is -2.10. The molecule has 2 N–H and O–H groups in total. The molecule has 1 aromatic heterocycles. The van der Waals surface area contributed by atoms with E-state index in [2.05, 4.69) is 27.7 Å². The van der Waals surface area contributed by atoms with Crippen LogP contribution in [-0.4, -0.2) is 29.7 Å². The number of nitrogen functional groups attached to an aromatic ring is 1. The highest BCUT2D eigenvalue weighted by molar-refractivity contribution is 14.1. The maximum atomic E-state index is 11.6. The molecule has 0 bridgehead atoms. The molecule has 1 saturated heterocycles. The first-order chi connectivity index (χ1) is 9.85. The van der Waals surface area contributed by atoms with E-state index in [4.69, 9.17) is 17.3 Å². The highest BCUT2D eigenvalue weighted by atomic mass is 127. The number of nitrogens with zero attached hydrogens (tertiary/aromatic N) is 2. The van der Waals surface area contributed by atoms with Crippen molar-refractivity contribution in [2.45, 2.75) is 12.5 Å². The topological polar surface area (TPSA) is 78.0 Å². The van der Waals surface area contributed by atoms with Crippen molar-refractivity contribution < 1.29 is 8.42 Å². The minimum absolute atomic E-state index is 0.102. The van der Waals surface area contributed by atoms with Crippen LogP contribution in [0.3, 0.4) is 0 Å². The molecule has 0 saturated carbocycles. The van der Waals surface area contributed by atoms with Crippen LogP contribution < -0.4 is 5.73 Å². The molecule has 1 atom stereocenters. The van der Waals surface area contributed by atoms with Gasteiger partial charge in [-0.1, -0.05) is 11.6 Å². The van der Waals surface area contributed by atoms with E-state index in [9.17, 15) is 8.42 Å². The number of anilines is 1. The largest absolute Gasteiger partial charge is 0.384 e. The van der Waals surface area contributed by atoms with Crippen molar-refractivity contribution in [2.75, 3.05) is 17.2 Å². The minimum Gasteiger partial charge on any atom is -0.384 e. The molecule has 0 aliphatic carbocycles. The SMILES string of the molecule is Nc1cc(-c2cc(Cl)ccc2I)nn1C1CCS(=O)(=O)C1. The lowest BCUT2D eigenvalue weighted by Crippen LogP contribution is -2.14. The van der Waals surface area contributed by atoms with Gasteiger partial charge in [-0.15, -0.1) is 0 Å². The van der Waals surface area contributed by atoms with Gasteiger partial charge in [-0.2, -0.15) is 5.10 Å². The highest BCUT2D eigenvalue weighted by Crippen LogP contribution is 2.31. The predicted octanol–water partition coefficient (Wildman–Crippen LogP) is 2.75. The summed E-state index contributed by atoms with van der Waals surface area (Å²) in [4.78, 5) is 0. The van der Waals surface area contributed by atoms with E-state index in [0.29, 0.717) is 23.0 Å². The monoisotopic (exact) mass is 437 g/mol. The Kier molecular flexibility index (Phi) is 3.91. The molecular formula is C13H13ClIN3O2S. The van der Waals surface area contributed by atoms with E-state index in [1.54, 1.807) is 10.7 Å². The first-order valence-electron chi connectivity index (χ1n) is 6.36. The van der Waals surface area contributed by atoms with Crippen molar-refractivity contribution in [2.24, 2.45) is 0 Å². The van der Waals surface area contributed by atoms with Crippen LogP contribution in [0.2, 0.25) is 5.02 Å². The van der Waals surface area contributed by atoms with Gasteiger partial charge in [-0.05, 0) is 47.2 Å². The van der Waals surface area contributed by atoms with Gasteiger partial charge in [-0.3, -0.25) is 0 Å². The second-order valence-corrected chi connectivity index (χ2v) is 8.91. The van der Waals surface area contributed by atoms with E-state index in [1.807, 2.05) is 18.2 Å². The van der Waals surface area contributed by atoms with Gasteiger partial charge < -0.3 is 5.73 Å². The Balaban J connectivity index is 2.00. The van der Waals surface area contributed by atoms with E-state index in [1.165, 1.54) is 0 Å². The first kappa shape index (κ1) is 15.1. The van der Waals surface area contributed by atoms with Gasteiger partial charge >= 0.3 is 0 Å². The zero-order valence-corrected chi connectivity index (χ0v) is 14.7. The van der Waals surface area contributed by atoms with E-state index in [0.717, 1.165) is 9.13 Å². The van der Waals surface area contributed by atoms with Crippen LogP contribution in [0.1, 0.15) is 12.5 Å². The molecule has 0 radical (unpaired) electrons. The molecule has 1 aliphatic heterocycles. The zero-order chi connectivity index (χ0) is 15.2. The maximum Gasteiger partial charge on any atom is 0.152 e. The average Bonchev–Trinajstić information content (AvgIpc) is 2.95. The van der Waals surface area contributed by atoms with Crippen LogP contribution in [0, 0.1) is 3.57 Å². The van der Waals surface area contributed by atoms with Gasteiger partial charge in [0.1, 0.15) is 5.82 Å². The summed E-state index contributed by atoms with van der Waals surface area (Å²) in [7, 11) is -2.97. The summed E-state index contributed by atoms with van der Waals surface area (Å²) in [6.07, 6.45) is 0.556. The fraction of sp³-hybridized carbons (Fsp3) is 0.308. The quantitative estimate of drug-likeness (QED) is 0.733. The lowest BCUT2D eigenvalue weighted by molar-refractivity contribution is 0.508. The Morgan fingerprint density at radius 3 is 2.81 bits per heavy atom. The first-order valence-corrected chi connectivity index (χ1v) is 9.64. The molecule has 1 aromatic carbocycles. The number of benzene rings is 1. The molecule has 1 aliphatic rings. The van der Waals surface area contributed by atoms with Crippen LogP contribution >= 0.6 is 34.2 Å². The van der Waals surface area contributed by atoms with E-state index in [-0.39, 0.29) is 17.5 Å². The molecule has 1 fully saturated rings. The van der Waals surface area contributed by atoms with Gasteiger partial charge in [0, 0.05) is 20.2 Å². The van der Waals surface area contributed by atoms with E-state index < -0.39 is 9.84 Å². The van der Waals surface area contributed by atoms with Crippen molar-refractivity contribution >= 4 is 49.8 Å². The van der Waals surface area contributed by atoms with Gasteiger partial charge in [0.15, 0.2) is 9.84 Å². The van der Waals surface area contributed by atoms with Gasteiger partial charge in [0.25, 0.3) is 0 Å². The summed E-state index contributed by atoms with van der Waals surface area (Å²) in [5.41, 5.74) is 7.61. The normalized spacial score (nSPS) is 20.8. The molecule has 5 nitrogen and oxygen atoms in total. The highest BCUT2D eigenvalue weighted by Gasteiger charge is 2.31. The Labute approximate surface area is 141 Å². The molecule has 1 unspecified atom stereocenters. The number of halogens is 2. The number of sulfone groups is 1. The Morgan fingerprint density at radius 1 is 1.38 bits per heavy atom. The van der Waals surface area contributed by atoms with Crippen molar-refractivity contribution in [3.05, 3.63) is 32.9 Å². The summed E-state index contributed by atoms with van der Waals surface area (Å²) in [6.45, 7) is 0. The van der Waals surface area contributed by atoms with E-state index >= 15 is 0 Å². The number of hydrogen-bond donors (Lipinski definition) is 1. The third-order valence-electron chi connectivity index (χ3n) is 3.52. The Morgan fingerprint density at radius 2 is 2.14 bits per heavy atom. The number of hydrogen-bond acceptors (Lipinski definition) is 4. The molecule has 0 amide bonds. The summed E-state index contributed by atoms with van der Waals surface area (Å²) in [6, 6.07) is 7.14. The molecule has 3 rings (SSSR count). The van der Waals surface area contributed by atoms with Crippen LogP contribution in [0.5, 0.6) is 0 Å². The molecule has 112 valence electrons.